The number of amides is 2. The summed E-state index contributed by atoms with van der Waals surface area (Å²) in [6, 6.07) is 6.32. The summed E-state index contributed by atoms with van der Waals surface area (Å²) >= 11 is 0. The van der Waals surface area contributed by atoms with E-state index in [1.165, 1.54) is 12.1 Å². The topological polar surface area (TPSA) is 96.1 Å². The molecule has 2 aliphatic rings. The van der Waals surface area contributed by atoms with Crippen LogP contribution in [0.5, 0.6) is 5.75 Å². The van der Waals surface area contributed by atoms with Gasteiger partial charge in [-0.3, -0.25) is 9.59 Å². The second-order valence-electron chi connectivity index (χ2n) is 7.98. The molecule has 0 bridgehead atoms. The lowest BCUT2D eigenvalue weighted by atomic mass is 9.54. The Balaban J connectivity index is 0.00000280. The minimum atomic E-state index is -0.926. The molecule has 2 fully saturated rings. The predicted octanol–water partition coefficient (Wildman–Crippen LogP) is 1.63. The van der Waals surface area contributed by atoms with Crippen molar-refractivity contribution in [3.05, 3.63) is 29.8 Å². The van der Waals surface area contributed by atoms with E-state index in [-0.39, 0.29) is 36.1 Å². The van der Waals surface area contributed by atoms with Crippen molar-refractivity contribution >= 4 is 24.2 Å². The van der Waals surface area contributed by atoms with E-state index in [0.29, 0.717) is 44.8 Å². The average Bonchev–Trinajstić information content (AvgIpc) is 2.66. The highest BCUT2D eigenvalue weighted by molar-refractivity contribution is 5.95. The Morgan fingerprint density at radius 1 is 1.21 bits per heavy atom. The van der Waals surface area contributed by atoms with E-state index in [2.05, 4.69) is 0 Å². The smallest absolute Gasteiger partial charge is 0.254 e. The van der Waals surface area contributed by atoms with Crippen molar-refractivity contribution in [2.24, 2.45) is 11.1 Å². The van der Waals surface area contributed by atoms with Crippen LogP contribution in [0.1, 0.15) is 37.6 Å². The van der Waals surface area contributed by atoms with E-state index in [1.807, 2.05) is 20.8 Å². The molecule has 156 valence electrons. The molecule has 0 radical (unpaired) electrons. The fourth-order valence-electron chi connectivity index (χ4n) is 4.01. The number of phenols is 1. The molecular weight excluding hydrogens is 382 g/mol. The lowest BCUT2D eigenvalue weighted by Crippen LogP contribution is -2.76. The first-order chi connectivity index (χ1) is 12.7. The minimum absolute atomic E-state index is 0. The van der Waals surface area contributed by atoms with Gasteiger partial charge in [0.15, 0.2) is 0 Å². The molecule has 7 nitrogen and oxygen atoms in total. The summed E-state index contributed by atoms with van der Waals surface area (Å²) in [5, 5.41) is 9.56. The van der Waals surface area contributed by atoms with Gasteiger partial charge in [0.25, 0.3) is 5.91 Å². The summed E-state index contributed by atoms with van der Waals surface area (Å²) < 4.78 is 5.71. The Kier molecular flexibility index (Phi) is 6.63. The number of carbonyl (C=O) groups is 2. The van der Waals surface area contributed by atoms with Crippen molar-refractivity contribution in [1.82, 2.24) is 9.80 Å². The highest BCUT2D eigenvalue weighted by Gasteiger charge is 2.63. The van der Waals surface area contributed by atoms with E-state index in [9.17, 15) is 14.7 Å². The third-order valence-corrected chi connectivity index (χ3v) is 6.16. The van der Waals surface area contributed by atoms with Gasteiger partial charge in [-0.15, -0.1) is 12.4 Å². The first kappa shape index (κ1) is 22.5. The standard InChI is InChI=1S/C20H29N3O4.ClH/c1-4-27-16-13-20(21,19(16,2)3)18(26)23-10-8-22(9-11-23)17(25)14-6-5-7-15(24)12-14;/h5-7,12,16,24H,4,8-11,13,21H2,1-3H3;1H. The fraction of sp³-hybridized carbons (Fsp3) is 0.600. The van der Waals surface area contributed by atoms with Crippen molar-refractivity contribution in [2.45, 2.75) is 38.8 Å². The Hall–Kier alpha value is -1.83. The molecule has 0 spiro atoms. The van der Waals surface area contributed by atoms with Gasteiger partial charge in [0, 0.05) is 50.2 Å². The van der Waals surface area contributed by atoms with Gasteiger partial charge in [-0.05, 0) is 25.1 Å². The average molecular weight is 412 g/mol. The fourth-order valence-corrected chi connectivity index (χ4v) is 4.01. The highest BCUT2D eigenvalue weighted by atomic mass is 35.5. The number of hydrogen-bond acceptors (Lipinski definition) is 5. The zero-order valence-corrected chi connectivity index (χ0v) is 17.5. The molecule has 2 atom stereocenters. The zero-order valence-electron chi connectivity index (χ0n) is 16.7. The van der Waals surface area contributed by atoms with Crippen LogP contribution in [0.4, 0.5) is 0 Å². The molecule has 1 saturated heterocycles. The van der Waals surface area contributed by atoms with E-state index in [1.54, 1.807) is 21.9 Å². The largest absolute Gasteiger partial charge is 0.508 e. The summed E-state index contributed by atoms with van der Waals surface area (Å²) in [5.41, 5.74) is 5.60. The molecule has 1 aromatic carbocycles. The van der Waals surface area contributed by atoms with Gasteiger partial charge in [0.2, 0.25) is 5.91 Å². The number of rotatable bonds is 4. The van der Waals surface area contributed by atoms with Crippen molar-refractivity contribution in [3.63, 3.8) is 0 Å². The van der Waals surface area contributed by atoms with E-state index in [0.717, 1.165) is 0 Å². The molecule has 3 N–H and O–H groups in total. The number of phenolic OH excluding ortho intramolecular Hbond substituents is 1. The van der Waals surface area contributed by atoms with E-state index < -0.39 is 11.0 Å². The van der Waals surface area contributed by atoms with Gasteiger partial charge < -0.3 is 25.4 Å². The number of ether oxygens (including phenoxy) is 1. The maximum Gasteiger partial charge on any atom is 0.254 e. The van der Waals surface area contributed by atoms with Crippen LogP contribution in [-0.2, 0) is 9.53 Å². The number of aromatic hydroxyl groups is 1. The number of halogens is 1. The van der Waals surface area contributed by atoms with Crippen molar-refractivity contribution < 1.29 is 19.4 Å². The Morgan fingerprint density at radius 3 is 2.36 bits per heavy atom. The molecule has 3 rings (SSSR count). The van der Waals surface area contributed by atoms with Crippen LogP contribution < -0.4 is 5.73 Å². The molecule has 28 heavy (non-hydrogen) atoms. The predicted molar refractivity (Wildman–Crippen MR) is 109 cm³/mol. The number of nitrogens with zero attached hydrogens (tertiary/aromatic N) is 2. The maximum absolute atomic E-state index is 13.1. The molecular formula is C20H30ClN3O4. The Labute approximate surface area is 172 Å². The molecule has 1 aromatic rings. The van der Waals surface area contributed by atoms with Gasteiger partial charge in [-0.2, -0.15) is 0 Å². The van der Waals surface area contributed by atoms with Crippen LogP contribution >= 0.6 is 12.4 Å². The van der Waals surface area contributed by atoms with Crippen LogP contribution in [0.3, 0.4) is 0 Å². The van der Waals surface area contributed by atoms with Crippen LogP contribution in [0.15, 0.2) is 24.3 Å². The Bertz CT molecular complexity index is 734. The summed E-state index contributed by atoms with van der Waals surface area (Å²) in [6.45, 7) is 8.32. The number of hydrogen-bond donors (Lipinski definition) is 2. The van der Waals surface area contributed by atoms with Crippen molar-refractivity contribution in [2.75, 3.05) is 32.8 Å². The molecule has 0 aromatic heterocycles. The van der Waals surface area contributed by atoms with Gasteiger partial charge in [-0.25, -0.2) is 0 Å². The summed E-state index contributed by atoms with van der Waals surface area (Å²) in [5.74, 6) is -0.135. The number of nitrogens with two attached hydrogens (primary N) is 1. The van der Waals surface area contributed by atoms with Crippen molar-refractivity contribution in [1.29, 1.82) is 0 Å². The highest BCUT2D eigenvalue weighted by Crippen LogP contribution is 2.50. The summed E-state index contributed by atoms with van der Waals surface area (Å²) in [7, 11) is 0. The summed E-state index contributed by atoms with van der Waals surface area (Å²) in [6.07, 6.45) is 0.514. The molecule has 1 aliphatic carbocycles. The second-order valence-corrected chi connectivity index (χ2v) is 7.98. The van der Waals surface area contributed by atoms with Gasteiger partial charge in [0.05, 0.1) is 6.10 Å². The minimum Gasteiger partial charge on any atom is -0.508 e. The van der Waals surface area contributed by atoms with Gasteiger partial charge >= 0.3 is 0 Å². The lowest BCUT2D eigenvalue weighted by molar-refractivity contribution is -0.180. The number of carbonyl (C=O) groups excluding carboxylic acids is 2. The first-order valence-corrected chi connectivity index (χ1v) is 9.49. The zero-order chi connectivity index (χ0) is 19.8. The second kappa shape index (κ2) is 8.27. The van der Waals surface area contributed by atoms with Crippen LogP contribution in [0.25, 0.3) is 0 Å². The quantitative estimate of drug-likeness (QED) is 0.785. The molecule has 2 amide bonds. The van der Waals surface area contributed by atoms with Crippen molar-refractivity contribution in [3.8, 4) is 5.75 Å². The van der Waals surface area contributed by atoms with Gasteiger partial charge in [-0.1, -0.05) is 19.9 Å². The molecule has 1 saturated carbocycles. The molecule has 1 aliphatic heterocycles. The molecule has 1 heterocycles. The SMILES string of the molecule is CCOC1CC(N)(C(=O)N2CCN(C(=O)c3cccc(O)c3)CC2)C1(C)C.Cl. The third-order valence-electron chi connectivity index (χ3n) is 6.16. The lowest BCUT2D eigenvalue weighted by Gasteiger charge is -2.59. The normalized spacial score (nSPS) is 26.2. The Morgan fingerprint density at radius 2 is 1.82 bits per heavy atom. The maximum atomic E-state index is 13.1. The molecule has 2 unspecified atom stereocenters. The van der Waals surface area contributed by atoms with Crippen LogP contribution in [-0.4, -0.2) is 71.1 Å². The van der Waals surface area contributed by atoms with Crippen LogP contribution in [0, 0.1) is 5.41 Å². The third kappa shape index (κ3) is 3.71. The van der Waals surface area contributed by atoms with Crippen LogP contribution in [0.2, 0.25) is 0 Å². The number of benzene rings is 1. The first-order valence-electron chi connectivity index (χ1n) is 9.49. The van der Waals surface area contributed by atoms with Gasteiger partial charge in [0.1, 0.15) is 11.3 Å². The monoisotopic (exact) mass is 411 g/mol. The molecule has 8 heteroatoms. The van der Waals surface area contributed by atoms with E-state index >= 15 is 0 Å². The van der Waals surface area contributed by atoms with E-state index in [4.69, 9.17) is 10.5 Å². The summed E-state index contributed by atoms with van der Waals surface area (Å²) in [4.78, 5) is 29.1. The number of piperazine rings is 1.